The van der Waals surface area contributed by atoms with Crippen LogP contribution in [-0.2, 0) is 42.9 Å². The van der Waals surface area contributed by atoms with Crippen LogP contribution in [-0.4, -0.2) is 112 Å². The highest BCUT2D eigenvalue weighted by atomic mass is 16.6. The van der Waals surface area contributed by atoms with Gasteiger partial charge < -0.3 is 50.7 Å². The first-order valence-corrected chi connectivity index (χ1v) is 16.5. The van der Waals surface area contributed by atoms with E-state index in [0.717, 1.165) is 0 Å². The number of hydrogen-bond acceptors (Lipinski definition) is 11. The molecule has 0 radical (unpaired) electrons. The molecular weight excluding hydrogens is 614 g/mol. The van der Waals surface area contributed by atoms with Crippen molar-refractivity contribution in [3.8, 4) is 0 Å². The SMILES string of the molecule is CC(=O)NCCCCC(NC(=O)C(CCCCNC(=O)OC(C)(C)C)NC(=O)CCOCCOCCOCCN)C(=O)OC(C)(C)C. The fourth-order valence-electron chi connectivity index (χ4n) is 3.94. The van der Waals surface area contributed by atoms with E-state index in [1.165, 1.54) is 6.92 Å². The number of nitrogens with two attached hydrogens (primary N) is 1. The molecule has 2 unspecified atom stereocenters. The Morgan fingerprint density at radius 2 is 1.15 bits per heavy atom. The van der Waals surface area contributed by atoms with Crippen molar-refractivity contribution in [1.29, 1.82) is 0 Å². The number of esters is 1. The number of carbonyl (C=O) groups is 5. The highest BCUT2D eigenvalue weighted by Crippen LogP contribution is 2.13. The molecule has 4 amide bonds. The van der Waals surface area contributed by atoms with E-state index < -0.39 is 47.2 Å². The summed E-state index contributed by atoms with van der Waals surface area (Å²) in [5.74, 6) is -1.65. The lowest BCUT2D eigenvalue weighted by Crippen LogP contribution is -2.52. The number of hydrogen-bond donors (Lipinski definition) is 5. The summed E-state index contributed by atoms with van der Waals surface area (Å²) in [5.41, 5.74) is 3.97. The summed E-state index contributed by atoms with van der Waals surface area (Å²) in [6, 6.07) is -1.89. The van der Waals surface area contributed by atoms with E-state index in [4.69, 9.17) is 29.4 Å². The van der Waals surface area contributed by atoms with Crippen LogP contribution in [0.25, 0.3) is 0 Å². The van der Waals surface area contributed by atoms with Crippen LogP contribution < -0.4 is 27.0 Å². The lowest BCUT2D eigenvalue weighted by Gasteiger charge is -2.26. The van der Waals surface area contributed by atoms with Gasteiger partial charge in [-0.15, -0.1) is 0 Å². The molecule has 0 spiro atoms. The zero-order valence-corrected chi connectivity index (χ0v) is 29.6. The Morgan fingerprint density at radius 1 is 0.638 bits per heavy atom. The molecule has 15 nitrogen and oxygen atoms in total. The molecule has 0 saturated carbocycles. The van der Waals surface area contributed by atoms with E-state index in [-0.39, 0.29) is 38.4 Å². The largest absolute Gasteiger partial charge is 0.458 e. The van der Waals surface area contributed by atoms with E-state index >= 15 is 0 Å². The molecular formula is C32H61N5O10. The molecule has 0 aromatic heterocycles. The van der Waals surface area contributed by atoms with Crippen LogP contribution in [0.3, 0.4) is 0 Å². The Labute approximate surface area is 280 Å². The maximum atomic E-state index is 13.5. The average Bonchev–Trinajstić information content (AvgIpc) is 2.94. The molecule has 47 heavy (non-hydrogen) atoms. The minimum Gasteiger partial charge on any atom is -0.458 e. The van der Waals surface area contributed by atoms with Gasteiger partial charge in [-0.3, -0.25) is 14.4 Å². The van der Waals surface area contributed by atoms with Gasteiger partial charge in [-0.1, -0.05) is 0 Å². The van der Waals surface area contributed by atoms with Gasteiger partial charge in [-0.05, 0) is 80.1 Å². The molecule has 0 aliphatic carbocycles. The highest BCUT2D eigenvalue weighted by molar-refractivity contribution is 5.90. The summed E-state index contributed by atoms with van der Waals surface area (Å²) in [6.45, 7) is 15.2. The second kappa shape index (κ2) is 25.1. The molecule has 0 saturated heterocycles. The quantitative estimate of drug-likeness (QED) is 0.0696. The van der Waals surface area contributed by atoms with Crippen molar-refractivity contribution < 1.29 is 47.7 Å². The van der Waals surface area contributed by atoms with Crippen molar-refractivity contribution in [1.82, 2.24) is 21.3 Å². The molecule has 274 valence electrons. The van der Waals surface area contributed by atoms with Crippen LogP contribution in [0, 0.1) is 0 Å². The van der Waals surface area contributed by atoms with Gasteiger partial charge in [0.25, 0.3) is 0 Å². The topological polar surface area (TPSA) is 206 Å². The van der Waals surface area contributed by atoms with Crippen molar-refractivity contribution in [3.05, 3.63) is 0 Å². The number of nitrogens with one attached hydrogen (secondary N) is 4. The van der Waals surface area contributed by atoms with Gasteiger partial charge >= 0.3 is 12.1 Å². The van der Waals surface area contributed by atoms with E-state index in [2.05, 4.69) is 21.3 Å². The molecule has 0 aromatic carbocycles. The predicted octanol–water partition coefficient (Wildman–Crippen LogP) is 1.70. The Hall–Kier alpha value is -3.01. The molecule has 0 aromatic rings. The summed E-state index contributed by atoms with van der Waals surface area (Å²) in [7, 11) is 0. The lowest BCUT2D eigenvalue weighted by atomic mass is 10.1. The first-order chi connectivity index (χ1) is 22.0. The Bertz CT molecular complexity index is 921. The van der Waals surface area contributed by atoms with E-state index in [9.17, 15) is 24.0 Å². The first-order valence-electron chi connectivity index (χ1n) is 16.5. The summed E-state index contributed by atoms with van der Waals surface area (Å²) in [6.07, 6.45) is 2.19. The smallest absolute Gasteiger partial charge is 0.407 e. The van der Waals surface area contributed by atoms with Crippen LogP contribution in [0.5, 0.6) is 0 Å². The van der Waals surface area contributed by atoms with Crippen LogP contribution >= 0.6 is 0 Å². The van der Waals surface area contributed by atoms with Gasteiger partial charge in [0.15, 0.2) is 0 Å². The maximum absolute atomic E-state index is 13.5. The second-order valence-corrected chi connectivity index (χ2v) is 13.0. The highest BCUT2D eigenvalue weighted by Gasteiger charge is 2.29. The molecule has 0 aliphatic heterocycles. The van der Waals surface area contributed by atoms with E-state index in [1.807, 2.05) is 0 Å². The van der Waals surface area contributed by atoms with Crippen LogP contribution in [0.1, 0.15) is 93.4 Å². The fraction of sp³-hybridized carbons (Fsp3) is 0.844. The second-order valence-electron chi connectivity index (χ2n) is 13.0. The van der Waals surface area contributed by atoms with Gasteiger partial charge in [0.05, 0.1) is 39.6 Å². The molecule has 0 fully saturated rings. The first kappa shape index (κ1) is 44.0. The normalized spacial score (nSPS) is 12.9. The monoisotopic (exact) mass is 675 g/mol. The zero-order chi connectivity index (χ0) is 35.7. The van der Waals surface area contributed by atoms with Crippen molar-refractivity contribution in [2.45, 2.75) is 117 Å². The molecule has 15 heteroatoms. The van der Waals surface area contributed by atoms with Crippen molar-refractivity contribution >= 4 is 29.8 Å². The lowest BCUT2D eigenvalue weighted by molar-refractivity contribution is -0.159. The van der Waals surface area contributed by atoms with Crippen molar-refractivity contribution in [2.75, 3.05) is 59.3 Å². The maximum Gasteiger partial charge on any atom is 0.407 e. The fourth-order valence-corrected chi connectivity index (χ4v) is 3.94. The number of ether oxygens (including phenoxy) is 5. The third-order valence-electron chi connectivity index (χ3n) is 6.02. The van der Waals surface area contributed by atoms with Gasteiger partial charge in [0.1, 0.15) is 23.3 Å². The van der Waals surface area contributed by atoms with Gasteiger partial charge in [-0.2, -0.15) is 0 Å². The Morgan fingerprint density at radius 3 is 1.68 bits per heavy atom. The minimum atomic E-state index is -0.948. The number of alkyl carbamates (subject to hydrolysis) is 1. The molecule has 6 N–H and O–H groups in total. The Kier molecular flexibility index (Phi) is 23.5. The number of amides is 4. The summed E-state index contributed by atoms with van der Waals surface area (Å²) in [5, 5.41) is 10.9. The predicted molar refractivity (Wildman–Crippen MR) is 176 cm³/mol. The number of carbonyl (C=O) groups excluding carboxylic acids is 5. The average molecular weight is 676 g/mol. The van der Waals surface area contributed by atoms with Crippen molar-refractivity contribution in [3.63, 3.8) is 0 Å². The molecule has 0 rings (SSSR count). The zero-order valence-electron chi connectivity index (χ0n) is 29.6. The van der Waals surface area contributed by atoms with Crippen LogP contribution in [0.4, 0.5) is 4.79 Å². The number of unbranched alkanes of at least 4 members (excludes halogenated alkanes) is 2. The van der Waals surface area contributed by atoms with Gasteiger partial charge in [0.2, 0.25) is 17.7 Å². The third-order valence-corrected chi connectivity index (χ3v) is 6.02. The molecule has 0 bridgehead atoms. The molecule has 0 aliphatic rings. The molecule has 2 atom stereocenters. The third kappa shape index (κ3) is 27.8. The summed E-state index contributed by atoms with van der Waals surface area (Å²) < 4.78 is 26.9. The van der Waals surface area contributed by atoms with Crippen molar-refractivity contribution in [2.24, 2.45) is 5.73 Å². The van der Waals surface area contributed by atoms with E-state index in [0.29, 0.717) is 71.7 Å². The van der Waals surface area contributed by atoms with E-state index in [1.54, 1.807) is 41.5 Å². The van der Waals surface area contributed by atoms with Gasteiger partial charge in [0, 0.05) is 33.0 Å². The van der Waals surface area contributed by atoms with Gasteiger partial charge in [-0.25, -0.2) is 9.59 Å². The number of rotatable bonds is 25. The molecule has 0 heterocycles. The summed E-state index contributed by atoms with van der Waals surface area (Å²) >= 11 is 0. The van der Waals surface area contributed by atoms with Crippen LogP contribution in [0.15, 0.2) is 0 Å². The standard InChI is InChI=1S/C32H61N5O10/c1-24(38)34-16-10-9-13-26(29(41)46-31(2,3)4)37-28(40)25(12-8-11-17-35-30(42)47-32(5,6)7)36-27(39)14-18-43-20-22-45-23-21-44-19-15-33/h25-26H,8-23,33H2,1-7H3,(H,34,38)(H,35,42)(H,36,39)(H,37,40). The Balaban J connectivity index is 5.18. The van der Waals surface area contributed by atoms with Crippen LogP contribution in [0.2, 0.25) is 0 Å². The summed E-state index contributed by atoms with van der Waals surface area (Å²) in [4.78, 5) is 62.4. The minimum absolute atomic E-state index is 0.0161.